The second-order valence-corrected chi connectivity index (χ2v) is 8.65. The van der Waals surface area contributed by atoms with Crippen molar-refractivity contribution < 1.29 is 8.42 Å². The molecular formula is C15H16BrNO2S2. The first-order valence-electron chi connectivity index (χ1n) is 6.31. The molecule has 112 valence electrons. The van der Waals surface area contributed by atoms with Crippen molar-refractivity contribution in [2.75, 3.05) is 13.3 Å². The van der Waals surface area contributed by atoms with Gasteiger partial charge in [-0.25, -0.2) is 8.42 Å². The van der Waals surface area contributed by atoms with Crippen molar-refractivity contribution in [3.05, 3.63) is 52.5 Å². The molecule has 2 rings (SSSR count). The van der Waals surface area contributed by atoms with Crippen LogP contribution in [-0.4, -0.2) is 21.7 Å². The van der Waals surface area contributed by atoms with Gasteiger partial charge in [-0.05, 0) is 49.0 Å². The summed E-state index contributed by atoms with van der Waals surface area (Å²) in [5.41, 5.74) is 1.20. The Labute approximate surface area is 138 Å². The lowest BCUT2D eigenvalue weighted by atomic mass is 10.2. The number of benzene rings is 2. The highest BCUT2D eigenvalue weighted by Gasteiger charge is 2.07. The number of hydrogen-bond acceptors (Lipinski definition) is 4. The Morgan fingerprint density at radius 1 is 1.10 bits per heavy atom. The summed E-state index contributed by atoms with van der Waals surface area (Å²) >= 11 is 5.17. The maximum atomic E-state index is 11.4. The largest absolute Gasteiger partial charge is 0.316 e. The zero-order chi connectivity index (χ0) is 15.5. The van der Waals surface area contributed by atoms with Crippen molar-refractivity contribution in [1.29, 1.82) is 0 Å². The van der Waals surface area contributed by atoms with E-state index in [0.29, 0.717) is 4.90 Å². The second-order valence-electron chi connectivity index (χ2n) is 4.63. The van der Waals surface area contributed by atoms with E-state index < -0.39 is 9.84 Å². The molecule has 0 aliphatic carbocycles. The highest BCUT2D eigenvalue weighted by Crippen LogP contribution is 2.31. The van der Waals surface area contributed by atoms with Crippen LogP contribution in [0.25, 0.3) is 0 Å². The SMILES string of the molecule is CNCc1ccc(Sc2ccc(S(C)(=O)=O)cc2)cc1Br. The Hall–Kier alpha value is -0.820. The highest BCUT2D eigenvalue weighted by molar-refractivity contribution is 9.10. The van der Waals surface area contributed by atoms with Crippen LogP contribution < -0.4 is 5.32 Å². The van der Waals surface area contributed by atoms with E-state index in [1.165, 1.54) is 11.8 Å². The second kappa shape index (κ2) is 6.96. The van der Waals surface area contributed by atoms with E-state index in [2.05, 4.69) is 39.4 Å². The Bertz CT molecular complexity index is 728. The third-order valence-corrected chi connectivity index (χ3v) is 5.74. The van der Waals surface area contributed by atoms with Gasteiger partial charge in [0, 0.05) is 27.1 Å². The maximum absolute atomic E-state index is 11.4. The van der Waals surface area contributed by atoms with Gasteiger partial charge in [0.1, 0.15) is 0 Å². The number of hydrogen-bond donors (Lipinski definition) is 1. The van der Waals surface area contributed by atoms with Crippen molar-refractivity contribution in [1.82, 2.24) is 5.32 Å². The normalized spacial score (nSPS) is 11.6. The molecule has 0 amide bonds. The fourth-order valence-corrected chi connectivity index (χ4v) is 3.97. The number of sulfone groups is 1. The maximum Gasteiger partial charge on any atom is 0.175 e. The van der Waals surface area contributed by atoms with Crippen LogP contribution in [0.2, 0.25) is 0 Å². The number of halogens is 1. The fourth-order valence-electron chi connectivity index (χ4n) is 1.82. The first kappa shape index (κ1) is 16.5. The summed E-state index contributed by atoms with van der Waals surface area (Å²) < 4.78 is 23.9. The van der Waals surface area contributed by atoms with Gasteiger partial charge < -0.3 is 5.32 Å². The Kier molecular flexibility index (Phi) is 5.48. The van der Waals surface area contributed by atoms with Crippen LogP contribution in [0.1, 0.15) is 5.56 Å². The van der Waals surface area contributed by atoms with E-state index in [0.717, 1.165) is 20.8 Å². The van der Waals surface area contributed by atoms with Gasteiger partial charge in [-0.2, -0.15) is 0 Å². The molecule has 0 fully saturated rings. The zero-order valence-electron chi connectivity index (χ0n) is 11.8. The standard InChI is InChI=1S/C15H16BrNO2S2/c1-17-10-11-3-4-13(9-15(11)16)20-12-5-7-14(8-6-12)21(2,18)19/h3-9,17H,10H2,1-2H3. The molecule has 0 saturated carbocycles. The van der Waals surface area contributed by atoms with E-state index in [1.807, 2.05) is 19.2 Å². The van der Waals surface area contributed by atoms with Crippen LogP contribution in [0.3, 0.4) is 0 Å². The highest BCUT2D eigenvalue weighted by atomic mass is 79.9. The molecule has 3 nitrogen and oxygen atoms in total. The molecule has 21 heavy (non-hydrogen) atoms. The smallest absolute Gasteiger partial charge is 0.175 e. The summed E-state index contributed by atoms with van der Waals surface area (Å²) in [6, 6.07) is 13.2. The Morgan fingerprint density at radius 2 is 1.71 bits per heavy atom. The number of nitrogens with one attached hydrogen (secondary N) is 1. The summed E-state index contributed by atoms with van der Waals surface area (Å²) in [5.74, 6) is 0. The molecule has 0 unspecified atom stereocenters. The van der Waals surface area contributed by atoms with E-state index in [1.54, 1.807) is 23.9 Å². The molecule has 0 aliphatic heterocycles. The minimum atomic E-state index is -3.13. The quantitative estimate of drug-likeness (QED) is 0.851. The average Bonchev–Trinajstić information content (AvgIpc) is 2.42. The minimum absolute atomic E-state index is 0.345. The molecule has 0 aromatic heterocycles. The zero-order valence-corrected chi connectivity index (χ0v) is 15.0. The predicted molar refractivity (Wildman–Crippen MR) is 90.6 cm³/mol. The summed E-state index contributed by atoms with van der Waals surface area (Å²) in [5, 5.41) is 3.12. The van der Waals surface area contributed by atoms with E-state index >= 15 is 0 Å². The fraction of sp³-hybridized carbons (Fsp3) is 0.200. The van der Waals surface area contributed by atoms with E-state index in [9.17, 15) is 8.42 Å². The lowest BCUT2D eigenvalue weighted by molar-refractivity contribution is 0.602. The topological polar surface area (TPSA) is 46.2 Å². The molecule has 6 heteroatoms. The molecule has 0 bridgehead atoms. The van der Waals surface area contributed by atoms with Gasteiger partial charge >= 0.3 is 0 Å². The Balaban J connectivity index is 2.17. The summed E-state index contributed by atoms with van der Waals surface area (Å²) in [4.78, 5) is 2.46. The van der Waals surface area contributed by atoms with Gasteiger partial charge in [0.15, 0.2) is 9.84 Å². The van der Waals surface area contributed by atoms with Crippen LogP contribution in [-0.2, 0) is 16.4 Å². The molecule has 0 saturated heterocycles. The summed E-state index contributed by atoms with van der Waals surface area (Å²) in [6.45, 7) is 0.814. The predicted octanol–water partition coefficient (Wildman–Crippen LogP) is 3.72. The van der Waals surface area contributed by atoms with E-state index in [4.69, 9.17) is 0 Å². The van der Waals surface area contributed by atoms with Gasteiger partial charge in [0.25, 0.3) is 0 Å². The van der Waals surface area contributed by atoms with Gasteiger partial charge in [-0.3, -0.25) is 0 Å². The van der Waals surface area contributed by atoms with Crippen molar-refractivity contribution in [2.24, 2.45) is 0 Å². The van der Waals surface area contributed by atoms with Crippen LogP contribution >= 0.6 is 27.7 Å². The molecule has 1 N–H and O–H groups in total. The Morgan fingerprint density at radius 3 is 2.24 bits per heavy atom. The lowest BCUT2D eigenvalue weighted by Gasteiger charge is -2.07. The van der Waals surface area contributed by atoms with Crippen molar-refractivity contribution in [2.45, 2.75) is 21.2 Å². The molecule has 0 heterocycles. The third kappa shape index (κ3) is 4.57. The van der Waals surface area contributed by atoms with Crippen molar-refractivity contribution in [3.63, 3.8) is 0 Å². The van der Waals surface area contributed by atoms with Crippen LogP contribution in [0.5, 0.6) is 0 Å². The van der Waals surface area contributed by atoms with Crippen LogP contribution in [0, 0.1) is 0 Å². The summed E-state index contributed by atoms with van der Waals surface area (Å²) in [6.07, 6.45) is 1.22. The van der Waals surface area contributed by atoms with Crippen molar-refractivity contribution >= 4 is 37.5 Å². The lowest BCUT2D eigenvalue weighted by Crippen LogP contribution is -2.05. The minimum Gasteiger partial charge on any atom is -0.316 e. The molecule has 0 atom stereocenters. The molecule has 2 aromatic carbocycles. The molecule has 0 radical (unpaired) electrons. The molecular weight excluding hydrogens is 370 g/mol. The first-order valence-corrected chi connectivity index (χ1v) is 9.81. The molecule has 0 spiro atoms. The van der Waals surface area contributed by atoms with Crippen LogP contribution in [0.15, 0.2) is 61.6 Å². The monoisotopic (exact) mass is 385 g/mol. The third-order valence-electron chi connectivity index (χ3n) is 2.88. The van der Waals surface area contributed by atoms with Gasteiger partial charge in [-0.15, -0.1) is 0 Å². The first-order chi connectivity index (χ1) is 9.90. The van der Waals surface area contributed by atoms with Gasteiger partial charge in [0.05, 0.1) is 4.90 Å². The van der Waals surface area contributed by atoms with Gasteiger partial charge in [0.2, 0.25) is 0 Å². The average molecular weight is 386 g/mol. The molecule has 0 aliphatic rings. The number of rotatable bonds is 5. The van der Waals surface area contributed by atoms with Gasteiger partial charge in [-0.1, -0.05) is 33.8 Å². The van der Waals surface area contributed by atoms with Crippen molar-refractivity contribution in [3.8, 4) is 0 Å². The van der Waals surface area contributed by atoms with E-state index in [-0.39, 0.29) is 0 Å². The molecule has 2 aromatic rings. The van der Waals surface area contributed by atoms with Crippen LogP contribution in [0.4, 0.5) is 0 Å². The summed E-state index contributed by atoms with van der Waals surface area (Å²) in [7, 11) is -1.22.